The van der Waals surface area contributed by atoms with Gasteiger partial charge >= 0.3 is 12.2 Å². The van der Waals surface area contributed by atoms with Crippen molar-refractivity contribution in [3.8, 4) is 10.6 Å². The fourth-order valence-electron chi connectivity index (χ4n) is 4.38. The molecule has 0 saturated carbocycles. The summed E-state index contributed by atoms with van der Waals surface area (Å²) in [7, 11) is 1.49. The Bertz CT molecular complexity index is 1520. The van der Waals surface area contributed by atoms with Crippen LogP contribution in [0.4, 0.5) is 23.8 Å². The molecule has 5 heterocycles. The van der Waals surface area contributed by atoms with E-state index < -0.39 is 47.8 Å². The number of halogens is 3. The molecule has 4 amide bonds. The molecular weight excluding hydrogens is 555 g/mol. The van der Waals surface area contributed by atoms with Gasteiger partial charge in [-0.2, -0.15) is 18.2 Å². The van der Waals surface area contributed by atoms with Gasteiger partial charge in [0.05, 0.1) is 18.4 Å². The van der Waals surface area contributed by atoms with E-state index in [2.05, 4.69) is 30.4 Å². The van der Waals surface area contributed by atoms with E-state index in [-0.39, 0.29) is 40.3 Å². The summed E-state index contributed by atoms with van der Waals surface area (Å²) < 4.78 is 44.8. The van der Waals surface area contributed by atoms with Gasteiger partial charge < -0.3 is 19.6 Å². The number of carbonyl (C=O) groups is 3. The lowest BCUT2D eigenvalue weighted by atomic mass is 10.1. The van der Waals surface area contributed by atoms with Gasteiger partial charge in [-0.05, 0) is 19.9 Å². The van der Waals surface area contributed by atoms with Crippen LogP contribution in [-0.2, 0) is 22.3 Å². The van der Waals surface area contributed by atoms with Crippen LogP contribution in [0.3, 0.4) is 0 Å². The maximum Gasteiger partial charge on any atom is 0.418 e. The third-order valence-corrected chi connectivity index (χ3v) is 7.39. The quantitative estimate of drug-likeness (QED) is 0.466. The summed E-state index contributed by atoms with van der Waals surface area (Å²) in [5, 5.41) is 8.09. The number of imide groups is 1. The minimum Gasteiger partial charge on any atom is -0.340 e. The lowest BCUT2D eigenvalue weighted by Gasteiger charge is -2.41. The number of hydrogen-bond donors (Lipinski definition) is 1. The standard InChI is InChI=1S/C23H22F3N9O4S/c1-10-14(23(24,25)26)5-13(6-27-10)20-31-16(8-40-20)30-19(36)11(2)35-9-28-18-17(35)21(37)34(22(38)33(18)4)7-15-29-12(3)39-32-15/h5-6,8-9,11,17-18H,7H2,1-4H3,(H,30,36)/t11-,17?,18?/m0/s1. The Hall–Kier alpha value is -4.41. The van der Waals surface area contributed by atoms with Crippen LogP contribution in [0.1, 0.15) is 29.9 Å². The minimum absolute atomic E-state index is 0.120. The van der Waals surface area contributed by atoms with Gasteiger partial charge in [0.25, 0.3) is 5.91 Å². The molecule has 3 atom stereocenters. The number of aliphatic imine (C=N–C) groups is 1. The molecule has 13 nitrogen and oxygen atoms in total. The van der Waals surface area contributed by atoms with Gasteiger partial charge in [0.2, 0.25) is 11.8 Å². The molecule has 0 bridgehead atoms. The van der Waals surface area contributed by atoms with Gasteiger partial charge in [-0.3, -0.25) is 19.5 Å². The van der Waals surface area contributed by atoms with Gasteiger partial charge in [0, 0.05) is 36.8 Å². The number of thiazole rings is 1. The van der Waals surface area contributed by atoms with E-state index in [0.717, 1.165) is 22.3 Å². The van der Waals surface area contributed by atoms with Crippen molar-refractivity contribution in [1.82, 2.24) is 34.8 Å². The molecule has 2 unspecified atom stereocenters. The number of nitrogens with zero attached hydrogens (tertiary/aromatic N) is 8. The first kappa shape index (κ1) is 27.2. The predicted octanol–water partition coefficient (Wildman–Crippen LogP) is 2.68. The minimum atomic E-state index is -4.57. The van der Waals surface area contributed by atoms with Crippen molar-refractivity contribution >= 4 is 41.3 Å². The first-order valence-electron chi connectivity index (χ1n) is 11.8. The van der Waals surface area contributed by atoms with Crippen LogP contribution < -0.4 is 5.32 Å². The molecule has 17 heteroatoms. The summed E-state index contributed by atoms with van der Waals surface area (Å²) in [6, 6.07) is -1.55. The van der Waals surface area contributed by atoms with Gasteiger partial charge in [0.15, 0.2) is 18.0 Å². The molecule has 3 aromatic rings. The van der Waals surface area contributed by atoms with E-state index in [4.69, 9.17) is 4.52 Å². The zero-order valence-electron chi connectivity index (χ0n) is 21.5. The van der Waals surface area contributed by atoms with Gasteiger partial charge in [0.1, 0.15) is 16.9 Å². The largest absolute Gasteiger partial charge is 0.418 e. The Morgan fingerprint density at radius 2 is 2.00 bits per heavy atom. The predicted molar refractivity (Wildman–Crippen MR) is 134 cm³/mol. The molecule has 3 aromatic heterocycles. The van der Waals surface area contributed by atoms with E-state index in [1.165, 1.54) is 41.7 Å². The van der Waals surface area contributed by atoms with Crippen molar-refractivity contribution in [2.75, 3.05) is 12.4 Å². The Kier molecular flexibility index (Phi) is 6.77. The molecule has 1 fully saturated rings. The number of likely N-dealkylation sites (N-methyl/N-ethyl adjacent to an activating group) is 1. The molecule has 0 radical (unpaired) electrons. The van der Waals surface area contributed by atoms with E-state index in [1.54, 1.807) is 13.8 Å². The number of aryl methyl sites for hydroxylation is 2. The zero-order chi connectivity index (χ0) is 28.9. The van der Waals surface area contributed by atoms with Crippen LogP contribution >= 0.6 is 11.3 Å². The lowest BCUT2D eigenvalue weighted by Crippen LogP contribution is -2.66. The molecule has 0 aromatic carbocycles. The summed E-state index contributed by atoms with van der Waals surface area (Å²) in [4.78, 5) is 59.4. The van der Waals surface area contributed by atoms with Crippen LogP contribution in [0.15, 0.2) is 27.2 Å². The Morgan fingerprint density at radius 3 is 2.67 bits per heavy atom. The van der Waals surface area contributed by atoms with E-state index in [0.29, 0.717) is 0 Å². The van der Waals surface area contributed by atoms with Crippen molar-refractivity contribution in [2.24, 2.45) is 4.99 Å². The number of alkyl halides is 3. The highest BCUT2D eigenvalue weighted by molar-refractivity contribution is 7.13. The number of anilines is 1. The highest BCUT2D eigenvalue weighted by Crippen LogP contribution is 2.35. The van der Waals surface area contributed by atoms with Crippen molar-refractivity contribution in [3.63, 3.8) is 0 Å². The third kappa shape index (κ3) is 4.87. The first-order chi connectivity index (χ1) is 18.8. The number of hydrogen-bond acceptors (Lipinski definition) is 11. The summed E-state index contributed by atoms with van der Waals surface area (Å²) in [5.41, 5.74) is -0.869. The lowest BCUT2D eigenvalue weighted by molar-refractivity contribution is -0.140. The zero-order valence-corrected chi connectivity index (χ0v) is 22.3. The average molecular weight is 578 g/mol. The van der Waals surface area contributed by atoms with E-state index in [1.807, 2.05) is 0 Å². The Labute approximate surface area is 228 Å². The normalized spacial score (nSPS) is 19.8. The van der Waals surface area contributed by atoms with Crippen LogP contribution in [0.25, 0.3) is 10.6 Å². The van der Waals surface area contributed by atoms with Crippen LogP contribution in [0.2, 0.25) is 0 Å². The summed E-state index contributed by atoms with van der Waals surface area (Å²) in [5.74, 6) is -0.590. The Morgan fingerprint density at radius 1 is 1.25 bits per heavy atom. The molecule has 210 valence electrons. The molecule has 5 rings (SSSR count). The number of fused-ring (bicyclic) bond motifs is 1. The second kappa shape index (κ2) is 9.96. The number of pyridine rings is 1. The van der Waals surface area contributed by atoms with Crippen LogP contribution in [-0.4, -0.2) is 84.3 Å². The SMILES string of the molecule is Cc1nc(CN2C(=O)C3C(N=CN3[C@@H](C)C(=O)Nc3csc(-c4cnc(C)c(C(F)(F)F)c4)n3)N(C)C2=O)no1. The second-order valence-corrected chi connectivity index (χ2v) is 10.0. The van der Waals surface area contributed by atoms with Crippen LogP contribution in [0, 0.1) is 13.8 Å². The molecule has 1 N–H and O–H groups in total. The summed E-state index contributed by atoms with van der Waals surface area (Å²) in [6.07, 6.45) is -2.79. The number of rotatable bonds is 6. The van der Waals surface area contributed by atoms with Gasteiger partial charge in [-0.15, -0.1) is 11.3 Å². The van der Waals surface area contributed by atoms with Gasteiger partial charge in [-0.25, -0.2) is 14.8 Å². The maximum absolute atomic E-state index is 13.4. The number of aromatic nitrogens is 4. The average Bonchev–Trinajstić information content (AvgIpc) is 3.64. The molecular formula is C23H22F3N9O4S. The molecule has 1 saturated heterocycles. The van der Waals surface area contributed by atoms with E-state index >= 15 is 0 Å². The monoisotopic (exact) mass is 577 g/mol. The summed E-state index contributed by atoms with van der Waals surface area (Å²) in [6.45, 7) is 4.17. The fraction of sp³-hybridized carbons (Fsp3) is 0.391. The number of amides is 4. The smallest absolute Gasteiger partial charge is 0.340 e. The second-order valence-electron chi connectivity index (χ2n) is 9.18. The summed E-state index contributed by atoms with van der Waals surface area (Å²) >= 11 is 1.04. The van der Waals surface area contributed by atoms with Crippen molar-refractivity contribution in [1.29, 1.82) is 0 Å². The van der Waals surface area contributed by atoms with Crippen molar-refractivity contribution in [2.45, 2.75) is 51.7 Å². The molecule has 0 spiro atoms. The molecule has 40 heavy (non-hydrogen) atoms. The third-order valence-electron chi connectivity index (χ3n) is 6.50. The van der Waals surface area contributed by atoms with Gasteiger partial charge in [-0.1, -0.05) is 5.16 Å². The highest BCUT2D eigenvalue weighted by Gasteiger charge is 2.51. The number of carbonyl (C=O) groups excluding carboxylic acids is 3. The molecule has 2 aliphatic rings. The number of nitrogens with one attached hydrogen (secondary N) is 1. The molecule has 2 aliphatic heterocycles. The molecule has 0 aliphatic carbocycles. The van der Waals surface area contributed by atoms with Crippen LogP contribution in [0.5, 0.6) is 0 Å². The van der Waals surface area contributed by atoms with E-state index in [9.17, 15) is 27.6 Å². The van der Waals surface area contributed by atoms with Crippen molar-refractivity contribution in [3.05, 3.63) is 40.6 Å². The first-order valence-corrected chi connectivity index (χ1v) is 12.7. The maximum atomic E-state index is 13.4. The Balaban J connectivity index is 1.31. The van der Waals surface area contributed by atoms with Crippen molar-refractivity contribution < 1.29 is 32.1 Å². The number of urea groups is 1. The fourth-order valence-corrected chi connectivity index (χ4v) is 5.11. The topological polar surface area (TPSA) is 150 Å². The highest BCUT2D eigenvalue weighted by atomic mass is 32.1.